The molecule has 0 fully saturated rings. The Balaban J connectivity index is 1.71. The fourth-order valence-electron chi connectivity index (χ4n) is 2.51. The quantitative estimate of drug-likeness (QED) is 0.820. The highest BCUT2D eigenvalue weighted by Gasteiger charge is 2.20. The smallest absolute Gasteiger partial charge is 0.0410 e. The van der Waals surface area contributed by atoms with Gasteiger partial charge in [-0.3, -0.25) is 0 Å². The molecule has 1 N–H and O–H groups in total. The zero-order chi connectivity index (χ0) is 13.9. The molecule has 1 nitrogen and oxygen atoms in total. The monoisotopic (exact) mass is 323 g/mol. The van der Waals surface area contributed by atoms with E-state index >= 15 is 0 Å². The average molecular weight is 324 g/mol. The van der Waals surface area contributed by atoms with E-state index in [0.29, 0.717) is 6.04 Å². The predicted octanol–water partition coefficient (Wildman–Crippen LogP) is 5.29. The summed E-state index contributed by atoms with van der Waals surface area (Å²) in [4.78, 5) is 4.26. The molecule has 2 aromatic rings. The van der Waals surface area contributed by atoms with Gasteiger partial charge in [-0.05, 0) is 54.5 Å². The van der Waals surface area contributed by atoms with Gasteiger partial charge >= 0.3 is 0 Å². The van der Waals surface area contributed by atoms with Crippen molar-refractivity contribution >= 4 is 34.7 Å². The van der Waals surface area contributed by atoms with Gasteiger partial charge in [0.2, 0.25) is 0 Å². The maximum atomic E-state index is 6.15. The molecule has 1 aliphatic heterocycles. The number of hydrogen-bond donors (Lipinski definition) is 1. The summed E-state index contributed by atoms with van der Waals surface area (Å²) < 4.78 is 0. The lowest BCUT2D eigenvalue weighted by Gasteiger charge is -2.26. The molecule has 0 bridgehead atoms. The van der Waals surface area contributed by atoms with Gasteiger partial charge in [0.15, 0.2) is 0 Å². The Labute approximate surface area is 133 Å². The predicted molar refractivity (Wildman–Crippen MR) is 90.1 cm³/mol. The molecule has 20 heavy (non-hydrogen) atoms. The highest BCUT2D eigenvalue weighted by molar-refractivity contribution is 7.99. The molecule has 0 amide bonds. The van der Waals surface area contributed by atoms with Gasteiger partial charge < -0.3 is 5.32 Å². The first-order valence-corrected chi connectivity index (χ1v) is 9.17. The number of benzene rings is 1. The van der Waals surface area contributed by atoms with Crippen LogP contribution in [0.15, 0.2) is 35.2 Å². The van der Waals surface area contributed by atoms with Crippen molar-refractivity contribution in [3.05, 3.63) is 50.7 Å². The van der Waals surface area contributed by atoms with Gasteiger partial charge in [-0.2, -0.15) is 0 Å². The van der Waals surface area contributed by atoms with E-state index in [1.54, 1.807) is 0 Å². The molecular weight excluding hydrogens is 306 g/mol. The van der Waals surface area contributed by atoms with Gasteiger partial charge in [-0.1, -0.05) is 18.5 Å². The second-order valence-corrected chi connectivity index (χ2v) is 7.80. The van der Waals surface area contributed by atoms with Crippen LogP contribution in [0.1, 0.15) is 34.7 Å². The van der Waals surface area contributed by atoms with Gasteiger partial charge in [-0.15, -0.1) is 23.1 Å². The molecule has 0 radical (unpaired) electrons. The van der Waals surface area contributed by atoms with E-state index < -0.39 is 0 Å². The van der Waals surface area contributed by atoms with Crippen molar-refractivity contribution in [3.8, 4) is 0 Å². The van der Waals surface area contributed by atoms with Crippen LogP contribution in [0.2, 0.25) is 5.02 Å². The largest absolute Gasteiger partial charge is 0.305 e. The van der Waals surface area contributed by atoms with Crippen LogP contribution in [0.3, 0.4) is 0 Å². The molecule has 0 aliphatic carbocycles. The minimum absolute atomic E-state index is 0.428. The number of thioether (sulfide) groups is 1. The van der Waals surface area contributed by atoms with E-state index in [4.69, 9.17) is 11.6 Å². The topological polar surface area (TPSA) is 12.0 Å². The summed E-state index contributed by atoms with van der Waals surface area (Å²) in [5.41, 5.74) is 1.36. The Bertz CT molecular complexity index is 594. The van der Waals surface area contributed by atoms with Crippen LogP contribution >= 0.6 is 34.7 Å². The van der Waals surface area contributed by atoms with Crippen LogP contribution < -0.4 is 5.32 Å². The van der Waals surface area contributed by atoms with Crippen molar-refractivity contribution in [2.75, 3.05) is 5.75 Å². The summed E-state index contributed by atoms with van der Waals surface area (Å²) in [5, 5.41) is 4.53. The van der Waals surface area contributed by atoms with Gasteiger partial charge in [0.1, 0.15) is 0 Å². The average Bonchev–Trinajstić information content (AvgIpc) is 2.93. The summed E-state index contributed by atoms with van der Waals surface area (Å²) in [6, 6.07) is 11.2. The zero-order valence-corrected chi connectivity index (χ0v) is 13.9. The van der Waals surface area contributed by atoms with Crippen molar-refractivity contribution in [2.45, 2.75) is 37.2 Å². The molecular formula is C16H18ClNS2. The molecule has 4 heteroatoms. The number of halogens is 1. The minimum atomic E-state index is 0.428. The number of fused-ring (bicyclic) bond motifs is 1. The Morgan fingerprint density at radius 1 is 1.25 bits per heavy atom. The van der Waals surface area contributed by atoms with E-state index in [-0.39, 0.29) is 0 Å². The molecule has 2 heterocycles. The van der Waals surface area contributed by atoms with Crippen molar-refractivity contribution < 1.29 is 0 Å². The van der Waals surface area contributed by atoms with E-state index in [1.165, 1.54) is 32.4 Å². The van der Waals surface area contributed by atoms with Gasteiger partial charge in [-0.25, -0.2) is 0 Å². The molecule has 1 aromatic heterocycles. The molecule has 1 unspecified atom stereocenters. The van der Waals surface area contributed by atoms with Crippen molar-refractivity contribution in [2.24, 2.45) is 0 Å². The molecule has 0 saturated carbocycles. The van der Waals surface area contributed by atoms with Crippen LogP contribution in [0.4, 0.5) is 0 Å². The summed E-state index contributed by atoms with van der Waals surface area (Å²) in [5.74, 6) is 1.18. The van der Waals surface area contributed by atoms with Gasteiger partial charge in [0.25, 0.3) is 0 Å². The van der Waals surface area contributed by atoms with Crippen molar-refractivity contribution in [1.82, 2.24) is 5.32 Å². The minimum Gasteiger partial charge on any atom is -0.305 e. The second-order valence-electron chi connectivity index (χ2n) is 4.97. The SMILES string of the molecule is CCc1ccc(CNC2CCSc3ccc(Cl)cc32)s1. The normalized spacial score (nSPS) is 18.0. The lowest BCUT2D eigenvalue weighted by molar-refractivity contribution is 0.513. The van der Waals surface area contributed by atoms with Crippen molar-refractivity contribution in [1.29, 1.82) is 0 Å². The number of rotatable bonds is 4. The Hall–Kier alpha value is -0.480. The fraction of sp³-hybridized carbons (Fsp3) is 0.375. The number of hydrogen-bond acceptors (Lipinski definition) is 3. The second kappa shape index (κ2) is 6.52. The van der Waals surface area contributed by atoms with Crippen LogP contribution in [-0.4, -0.2) is 5.75 Å². The van der Waals surface area contributed by atoms with E-state index in [2.05, 4.69) is 36.5 Å². The van der Waals surface area contributed by atoms with Crippen LogP contribution in [0, 0.1) is 0 Å². The summed E-state index contributed by atoms with van der Waals surface area (Å²) in [6.45, 7) is 3.16. The highest BCUT2D eigenvalue weighted by Crippen LogP contribution is 2.37. The lowest BCUT2D eigenvalue weighted by Crippen LogP contribution is -2.23. The molecule has 3 rings (SSSR count). The van der Waals surface area contributed by atoms with E-state index in [1.807, 2.05) is 29.2 Å². The standard InChI is InChI=1S/C16H18ClNS2/c1-2-12-4-5-13(20-12)10-18-15-7-8-19-16-6-3-11(17)9-14(15)16/h3-6,9,15,18H,2,7-8,10H2,1H3. The molecule has 0 spiro atoms. The van der Waals surface area contributed by atoms with E-state index in [0.717, 1.165) is 18.0 Å². The summed E-state index contributed by atoms with van der Waals surface area (Å²) in [6.07, 6.45) is 2.30. The van der Waals surface area contributed by atoms with Gasteiger partial charge in [0, 0.05) is 32.3 Å². The highest BCUT2D eigenvalue weighted by atomic mass is 35.5. The Morgan fingerprint density at radius 3 is 2.90 bits per heavy atom. The third kappa shape index (κ3) is 3.22. The third-order valence-corrected chi connectivity index (χ3v) is 6.19. The van der Waals surface area contributed by atoms with Crippen LogP contribution in [0.25, 0.3) is 0 Å². The molecule has 1 atom stereocenters. The molecule has 106 valence electrons. The Morgan fingerprint density at radius 2 is 2.10 bits per heavy atom. The van der Waals surface area contributed by atoms with Crippen LogP contribution in [0.5, 0.6) is 0 Å². The van der Waals surface area contributed by atoms with E-state index in [9.17, 15) is 0 Å². The van der Waals surface area contributed by atoms with Crippen molar-refractivity contribution in [3.63, 3.8) is 0 Å². The zero-order valence-electron chi connectivity index (χ0n) is 11.5. The maximum Gasteiger partial charge on any atom is 0.0410 e. The maximum absolute atomic E-state index is 6.15. The number of thiophene rings is 1. The first-order chi connectivity index (χ1) is 9.76. The number of nitrogens with one attached hydrogen (secondary N) is 1. The first-order valence-electron chi connectivity index (χ1n) is 6.99. The van der Waals surface area contributed by atoms with Gasteiger partial charge in [0.05, 0.1) is 0 Å². The molecule has 0 saturated heterocycles. The van der Waals surface area contributed by atoms with Crippen LogP contribution in [-0.2, 0) is 13.0 Å². The number of aryl methyl sites for hydroxylation is 1. The Kier molecular flexibility index (Phi) is 4.72. The molecule has 1 aliphatic rings. The molecule has 1 aromatic carbocycles. The first kappa shape index (κ1) is 14.5. The summed E-state index contributed by atoms with van der Waals surface area (Å²) in [7, 11) is 0. The third-order valence-electron chi connectivity index (χ3n) is 3.60. The fourth-order valence-corrected chi connectivity index (χ4v) is 4.70. The lowest BCUT2D eigenvalue weighted by atomic mass is 10.0. The summed E-state index contributed by atoms with van der Waals surface area (Å²) >= 11 is 9.99.